The van der Waals surface area contributed by atoms with E-state index in [1.54, 1.807) is 0 Å². The minimum Gasteiger partial charge on any atom is -0.493 e. The van der Waals surface area contributed by atoms with Crippen LogP contribution in [0.15, 0.2) is 21.6 Å². The number of nitrogens with two attached hydrogens (primary N) is 1. The highest BCUT2D eigenvalue weighted by atomic mass is 79.9. The molecule has 0 amide bonds. The lowest BCUT2D eigenvalue weighted by molar-refractivity contribution is 0.295. The van der Waals surface area contributed by atoms with Gasteiger partial charge in [0.25, 0.3) is 0 Å². The zero-order chi connectivity index (χ0) is 12.5. The van der Waals surface area contributed by atoms with E-state index in [2.05, 4.69) is 38.0 Å². The molecule has 2 N–H and O–H groups in total. The first-order valence-electron chi connectivity index (χ1n) is 6.23. The molecule has 0 aromatic heterocycles. The normalized spacial score (nSPS) is 18.3. The van der Waals surface area contributed by atoms with E-state index in [-0.39, 0.29) is 0 Å². The van der Waals surface area contributed by atoms with Crippen molar-refractivity contribution < 1.29 is 4.74 Å². The summed E-state index contributed by atoms with van der Waals surface area (Å²) in [5.41, 5.74) is 8.31. The van der Waals surface area contributed by atoms with Crippen LogP contribution in [0.5, 0.6) is 5.75 Å². The summed E-state index contributed by atoms with van der Waals surface area (Å²) >= 11 is 3.53. The fourth-order valence-corrected chi connectivity index (χ4v) is 2.83. The van der Waals surface area contributed by atoms with Gasteiger partial charge in [0.2, 0.25) is 0 Å². The minimum atomic E-state index is 0.587. The molecule has 96 valence electrons. The summed E-state index contributed by atoms with van der Waals surface area (Å²) in [7, 11) is 0. The predicted molar refractivity (Wildman–Crippen MR) is 74.9 cm³/mol. The second kappa shape index (κ2) is 4.80. The minimum absolute atomic E-state index is 0.587. The van der Waals surface area contributed by atoms with E-state index in [4.69, 9.17) is 10.5 Å². The van der Waals surface area contributed by atoms with Gasteiger partial charge in [0.1, 0.15) is 5.75 Å². The quantitative estimate of drug-likeness (QED) is 0.670. The zero-order valence-corrected chi connectivity index (χ0v) is 11.7. The molecule has 3 rings (SSSR count). The molecule has 0 spiro atoms. The standard InChI is InChI=1S/C13H16BrN3O/c14-11-6-9-2-5-18-12(9)10(7-11)8-16-13(15)17-3-1-4-17/h6-7H,1-5,8H2,(H2,15,16). The maximum atomic E-state index is 5.93. The van der Waals surface area contributed by atoms with Crippen molar-refractivity contribution in [3.8, 4) is 5.75 Å². The Morgan fingerprint density at radius 2 is 2.28 bits per heavy atom. The molecular weight excluding hydrogens is 294 g/mol. The van der Waals surface area contributed by atoms with Gasteiger partial charge in [-0.1, -0.05) is 15.9 Å². The SMILES string of the molecule is NC(=NCc1cc(Br)cc2c1OCC2)N1CCC1. The van der Waals surface area contributed by atoms with Crippen molar-refractivity contribution >= 4 is 21.9 Å². The first kappa shape index (κ1) is 11.8. The third-order valence-electron chi connectivity index (χ3n) is 3.42. The molecule has 5 heteroatoms. The van der Waals surface area contributed by atoms with Crippen LogP contribution in [0.2, 0.25) is 0 Å². The Balaban J connectivity index is 1.80. The average Bonchev–Trinajstić information content (AvgIpc) is 2.71. The molecule has 0 saturated carbocycles. The molecule has 2 aliphatic heterocycles. The molecule has 2 heterocycles. The van der Waals surface area contributed by atoms with Crippen LogP contribution in [0.3, 0.4) is 0 Å². The van der Waals surface area contributed by atoms with E-state index < -0.39 is 0 Å². The molecule has 0 radical (unpaired) electrons. The lowest BCUT2D eigenvalue weighted by atomic mass is 10.1. The predicted octanol–water partition coefficient (Wildman–Crippen LogP) is 1.90. The van der Waals surface area contributed by atoms with Gasteiger partial charge in [-0.25, -0.2) is 4.99 Å². The van der Waals surface area contributed by atoms with Crippen LogP contribution in [0.1, 0.15) is 17.5 Å². The molecule has 0 unspecified atom stereocenters. The molecule has 18 heavy (non-hydrogen) atoms. The summed E-state index contributed by atoms with van der Waals surface area (Å²) in [6.07, 6.45) is 2.19. The van der Waals surface area contributed by atoms with Gasteiger partial charge in [-0.2, -0.15) is 0 Å². The molecule has 2 aliphatic rings. The Kier molecular flexibility index (Phi) is 3.16. The van der Waals surface area contributed by atoms with E-state index in [0.717, 1.165) is 41.9 Å². The monoisotopic (exact) mass is 309 g/mol. The van der Waals surface area contributed by atoms with Crippen molar-refractivity contribution in [2.75, 3.05) is 19.7 Å². The topological polar surface area (TPSA) is 50.9 Å². The molecular formula is C13H16BrN3O. The first-order chi connectivity index (χ1) is 8.74. The highest BCUT2D eigenvalue weighted by molar-refractivity contribution is 9.10. The van der Waals surface area contributed by atoms with Crippen LogP contribution in [0.25, 0.3) is 0 Å². The molecule has 0 atom stereocenters. The Hall–Kier alpha value is -1.23. The van der Waals surface area contributed by atoms with Gasteiger partial charge in [0.05, 0.1) is 13.2 Å². The molecule has 4 nitrogen and oxygen atoms in total. The van der Waals surface area contributed by atoms with Crippen LogP contribution in [0.4, 0.5) is 0 Å². The van der Waals surface area contributed by atoms with Crippen LogP contribution in [0, 0.1) is 0 Å². The van der Waals surface area contributed by atoms with Crippen molar-refractivity contribution in [2.24, 2.45) is 10.7 Å². The Bertz CT molecular complexity index is 497. The van der Waals surface area contributed by atoms with Crippen molar-refractivity contribution in [1.82, 2.24) is 4.90 Å². The first-order valence-corrected chi connectivity index (χ1v) is 7.02. The molecule has 1 aromatic rings. The fourth-order valence-electron chi connectivity index (χ4n) is 2.27. The van der Waals surface area contributed by atoms with Crippen molar-refractivity contribution in [3.05, 3.63) is 27.7 Å². The average molecular weight is 310 g/mol. The van der Waals surface area contributed by atoms with Crippen LogP contribution < -0.4 is 10.5 Å². The molecule has 1 saturated heterocycles. The number of halogens is 1. The van der Waals surface area contributed by atoms with Crippen LogP contribution >= 0.6 is 15.9 Å². The number of fused-ring (bicyclic) bond motifs is 1. The second-order valence-electron chi connectivity index (χ2n) is 4.67. The van der Waals surface area contributed by atoms with Crippen molar-refractivity contribution in [1.29, 1.82) is 0 Å². The molecule has 1 fully saturated rings. The number of hydrogen-bond acceptors (Lipinski definition) is 2. The third-order valence-corrected chi connectivity index (χ3v) is 3.87. The van der Waals surface area contributed by atoms with E-state index in [0.29, 0.717) is 12.5 Å². The van der Waals surface area contributed by atoms with E-state index in [1.165, 1.54) is 12.0 Å². The van der Waals surface area contributed by atoms with Gasteiger partial charge < -0.3 is 15.4 Å². The molecule has 0 aliphatic carbocycles. The van der Waals surface area contributed by atoms with Gasteiger partial charge in [0.15, 0.2) is 5.96 Å². The van der Waals surface area contributed by atoms with E-state index >= 15 is 0 Å². The smallest absolute Gasteiger partial charge is 0.191 e. The van der Waals surface area contributed by atoms with Gasteiger partial charge in [-0.3, -0.25) is 0 Å². The summed E-state index contributed by atoms with van der Waals surface area (Å²) in [5.74, 6) is 1.64. The Labute approximate surface area is 115 Å². The number of guanidine groups is 1. The van der Waals surface area contributed by atoms with E-state index in [1.807, 2.05) is 0 Å². The number of rotatable bonds is 2. The highest BCUT2D eigenvalue weighted by Gasteiger charge is 2.18. The summed E-state index contributed by atoms with van der Waals surface area (Å²) in [6.45, 7) is 3.42. The number of nitrogens with zero attached hydrogens (tertiary/aromatic N) is 2. The number of ether oxygens (including phenoxy) is 1. The second-order valence-corrected chi connectivity index (χ2v) is 5.58. The number of likely N-dealkylation sites (tertiary alicyclic amines) is 1. The lowest BCUT2D eigenvalue weighted by Gasteiger charge is -2.31. The maximum Gasteiger partial charge on any atom is 0.191 e. The van der Waals surface area contributed by atoms with Gasteiger partial charge in [0, 0.05) is 29.5 Å². The summed E-state index contributed by atoms with van der Waals surface area (Å²) < 4.78 is 6.76. The largest absolute Gasteiger partial charge is 0.493 e. The number of aliphatic imine (C=N–C) groups is 1. The lowest BCUT2D eigenvalue weighted by Crippen LogP contribution is -2.46. The number of hydrogen-bond donors (Lipinski definition) is 1. The van der Waals surface area contributed by atoms with Crippen LogP contribution in [-0.4, -0.2) is 30.6 Å². The summed E-state index contributed by atoms with van der Waals surface area (Å²) in [5, 5.41) is 0. The van der Waals surface area contributed by atoms with Gasteiger partial charge in [-0.15, -0.1) is 0 Å². The van der Waals surface area contributed by atoms with E-state index in [9.17, 15) is 0 Å². The Morgan fingerprint density at radius 1 is 1.44 bits per heavy atom. The fraction of sp³-hybridized carbons (Fsp3) is 0.462. The van der Waals surface area contributed by atoms with Crippen molar-refractivity contribution in [3.63, 3.8) is 0 Å². The zero-order valence-electron chi connectivity index (χ0n) is 10.2. The van der Waals surface area contributed by atoms with Gasteiger partial charge in [-0.05, 0) is 24.1 Å². The maximum absolute atomic E-state index is 5.93. The highest BCUT2D eigenvalue weighted by Crippen LogP contribution is 2.33. The molecule has 1 aromatic carbocycles. The summed E-state index contributed by atoms with van der Waals surface area (Å²) in [6, 6.07) is 4.19. The summed E-state index contributed by atoms with van der Waals surface area (Å²) in [4.78, 5) is 6.55. The third kappa shape index (κ3) is 2.19. The Morgan fingerprint density at radius 3 is 3.00 bits per heavy atom. The van der Waals surface area contributed by atoms with Crippen molar-refractivity contribution in [2.45, 2.75) is 19.4 Å². The van der Waals surface area contributed by atoms with Gasteiger partial charge >= 0.3 is 0 Å². The van der Waals surface area contributed by atoms with Crippen LogP contribution in [-0.2, 0) is 13.0 Å². The molecule has 0 bridgehead atoms. The number of benzene rings is 1.